The number of rotatable bonds is 5. The summed E-state index contributed by atoms with van der Waals surface area (Å²) in [5.74, 6) is -0.102. The zero-order valence-electron chi connectivity index (χ0n) is 13.1. The minimum atomic E-state index is -0.298. The van der Waals surface area contributed by atoms with Gasteiger partial charge in [0, 0.05) is 16.7 Å². The highest BCUT2D eigenvalue weighted by Gasteiger charge is 2.19. The van der Waals surface area contributed by atoms with Crippen LogP contribution in [0.2, 0.25) is 0 Å². The van der Waals surface area contributed by atoms with E-state index in [0.717, 1.165) is 10.0 Å². The molecular weight excluding hydrogens is 354 g/mol. The van der Waals surface area contributed by atoms with Crippen molar-refractivity contribution in [3.05, 3.63) is 64.1 Å². The van der Waals surface area contributed by atoms with Gasteiger partial charge in [-0.25, -0.2) is 0 Å². The molecule has 1 N–H and O–H groups in total. The van der Waals surface area contributed by atoms with Crippen molar-refractivity contribution in [2.75, 3.05) is 12.4 Å². The summed E-state index contributed by atoms with van der Waals surface area (Å²) in [5, 5.41) is 11.8. The quantitative estimate of drug-likeness (QED) is 0.869. The minimum absolute atomic E-state index is 0.102. The Balaban J connectivity index is 2.01. The predicted molar refractivity (Wildman–Crippen MR) is 94.9 cm³/mol. The summed E-state index contributed by atoms with van der Waals surface area (Å²) in [4.78, 5) is 14.4. The van der Waals surface area contributed by atoms with E-state index in [2.05, 4.69) is 27.3 Å². The lowest BCUT2D eigenvalue weighted by Gasteiger charge is -2.24. The van der Waals surface area contributed by atoms with Crippen LogP contribution in [-0.4, -0.2) is 23.9 Å². The van der Waals surface area contributed by atoms with Gasteiger partial charge in [0.1, 0.15) is 0 Å². The van der Waals surface area contributed by atoms with Crippen LogP contribution in [-0.2, 0) is 11.3 Å². The smallest absolute Gasteiger partial charge is 0.241 e. The van der Waals surface area contributed by atoms with Crippen LogP contribution in [0.4, 0.5) is 5.69 Å². The highest BCUT2D eigenvalue weighted by molar-refractivity contribution is 9.10. The molecule has 2 aromatic carbocycles. The molecule has 1 atom stereocenters. The number of hydrogen-bond acceptors (Lipinski definition) is 3. The highest BCUT2D eigenvalue weighted by atomic mass is 79.9. The summed E-state index contributed by atoms with van der Waals surface area (Å²) < 4.78 is 1.03. The van der Waals surface area contributed by atoms with Crippen LogP contribution in [0.25, 0.3) is 0 Å². The van der Waals surface area contributed by atoms with E-state index in [1.54, 1.807) is 24.3 Å². The maximum absolute atomic E-state index is 12.4. The van der Waals surface area contributed by atoms with Gasteiger partial charge < -0.3 is 5.32 Å². The molecule has 0 unspecified atom stereocenters. The van der Waals surface area contributed by atoms with Crippen LogP contribution in [0.15, 0.2) is 53.0 Å². The molecule has 0 saturated carbocycles. The molecular formula is C18H18BrN3O. The molecule has 0 spiro atoms. The van der Waals surface area contributed by atoms with Crippen LogP contribution in [0.3, 0.4) is 0 Å². The van der Waals surface area contributed by atoms with Crippen LogP contribution < -0.4 is 5.32 Å². The third-order valence-electron chi connectivity index (χ3n) is 3.68. The number of carbonyl (C=O) groups is 1. The average molecular weight is 372 g/mol. The van der Waals surface area contributed by atoms with Crippen LogP contribution in [0.5, 0.6) is 0 Å². The summed E-state index contributed by atoms with van der Waals surface area (Å²) >= 11 is 3.52. The fourth-order valence-electron chi connectivity index (χ4n) is 2.15. The Bertz CT molecular complexity index is 739. The highest BCUT2D eigenvalue weighted by Crippen LogP contribution is 2.18. The second-order valence-corrected chi connectivity index (χ2v) is 6.22. The fourth-order valence-corrected chi connectivity index (χ4v) is 2.56. The van der Waals surface area contributed by atoms with E-state index in [1.807, 2.05) is 43.1 Å². The summed E-state index contributed by atoms with van der Waals surface area (Å²) in [6, 6.07) is 16.6. The third kappa shape index (κ3) is 4.65. The van der Waals surface area contributed by atoms with E-state index >= 15 is 0 Å². The Morgan fingerprint density at radius 2 is 2.04 bits per heavy atom. The normalized spacial score (nSPS) is 11.8. The Labute approximate surface area is 144 Å². The van der Waals surface area contributed by atoms with Crippen molar-refractivity contribution in [1.29, 1.82) is 5.26 Å². The van der Waals surface area contributed by atoms with E-state index < -0.39 is 0 Å². The molecule has 5 heteroatoms. The molecule has 4 nitrogen and oxygen atoms in total. The Morgan fingerprint density at radius 3 is 2.74 bits per heavy atom. The van der Waals surface area contributed by atoms with Gasteiger partial charge in [0.2, 0.25) is 5.91 Å². The SMILES string of the molecule is C[C@H](C(=O)Nc1cccc(C#N)c1)N(C)Cc1ccccc1Br. The molecule has 0 aliphatic heterocycles. The largest absolute Gasteiger partial charge is 0.325 e. The lowest BCUT2D eigenvalue weighted by molar-refractivity contribution is -0.120. The van der Waals surface area contributed by atoms with Gasteiger partial charge in [0.25, 0.3) is 0 Å². The summed E-state index contributed by atoms with van der Waals surface area (Å²) in [5.41, 5.74) is 2.29. The minimum Gasteiger partial charge on any atom is -0.325 e. The molecule has 0 aliphatic rings. The molecule has 23 heavy (non-hydrogen) atoms. The molecule has 0 bridgehead atoms. The number of nitriles is 1. The second-order valence-electron chi connectivity index (χ2n) is 5.36. The third-order valence-corrected chi connectivity index (χ3v) is 4.45. The number of nitrogens with zero attached hydrogens (tertiary/aromatic N) is 2. The predicted octanol–water partition coefficient (Wildman–Crippen LogP) is 3.78. The molecule has 0 fully saturated rings. The van der Waals surface area contributed by atoms with Crippen molar-refractivity contribution >= 4 is 27.5 Å². The molecule has 2 aromatic rings. The number of carbonyl (C=O) groups excluding carboxylic acids is 1. The molecule has 118 valence electrons. The van der Waals surface area contributed by atoms with Crippen LogP contribution in [0.1, 0.15) is 18.1 Å². The molecule has 0 aromatic heterocycles. The molecule has 0 aliphatic carbocycles. The molecule has 0 saturated heterocycles. The Morgan fingerprint density at radius 1 is 1.30 bits per heavy atom. The number of hydrogen-bond donors (Lipinski definition) is 1. The lowest BCUT2D eigenvalue weighted by atomic mass is 10.1. The first-order valence-electron chi connectivity index (χ1n) is 7.26. The Kier molecular flexibility index (Phi) is 5.91. The summed E-state index contributed by atoms with van der Waals surface area (Å²) in [6.07, 6.45) is 0. The van der Waals surface area contributed by atoms with Gasteiger partial charge in [-0.15, -0.1) is 0 Å². The summed E-state index contributed by atoms with van der Waals surface area (Å²) in [6.45, 7) is 2.52. The summed E-state index contributed by atoms with van der Waals surface area (Å²) in [7, 11) is 1.91. The van der Waals surface area contributed by atoms with E-state index in [1.165, 1.54) is 0 Å². The van der Waals surface area contributed by atoms with Crippen molar-refractivity contribution in [3.8, 4) is 6.07 Å². The second kappa shape index (κ2) is 7.91. The number of amides is 1. The molecule has 0 radical (unpaired) electrons. The van der Waals surface area contributed by atoms with Gasteiger partial charge in [-0.2, -0.15) is 5.26 Å². The van der Waals surface area contributed by atoms with Gasteiger partial charge in [0.05, 0.1) is 17.7 Å². The van der Waals surface area contributed by atoms with Crippen molar-refractivity contribution in [1.82, 2.24) is 4.90 Å². The van der Waals surface area contributed by atoms with Gasteiger partial charge in [-0.3, -0.25) is 9.69 Å². The monoisotopic (exact) mass is 371 g/mol. The van der Waals surface area contributed by atoms with E-state index in [0.29, 0.717) is 17.8 Å². The van der Waals surface area contributed by atoms with E-state index in [9.17, 15) is 4.79 Å². The van der Waals surface area contributed by atoms with Crippen molar-refractivity contribution in [2.24, 2.45) is 0 Å². The van der Waals surface area contributed by atoms with Crippen molar-refractivity contribution in [3.63, 3.8) is 0 Å². The first kappa shape index (κ1) is 17.2. The Hall–Kier alpha value is -2.16. The topological polar surface area (TPSA) is 56.1 Å². The van der Waals surface area contributed by atoms with Gasteiger partial charge in [-0.05, 0) is 43.8 Å². The standard InChI is InChI=1S/C18H18BrN3O/c1-13(22(2)12-15-7-3-4-9-17(15)19)18(23)21-16-8-5-6-14(10-16)11-20/h3-10,13H,12H2,1-2H3,(H,21,23)/t13-/m1/s1. The number of benzene rings is 2. The number of nitrogens with one attached hydrogen (secondary N) is 1. The van der Waals surface area contributed by atoms with Crippen LogP contribution >= 0.6 is 15.9 Å². The molecule has 2 rings (SSSR count). The van der Waals surface area contributed by atoms with Crippen molar-refractivity contribution in [2.45, 2.75) is 19.5 Å². The average Bonchev–Trinajstić information content (AvgIpc) is 2.56. The zero-order valence-corrected chi connectivity index (χ0v) is 14.7. The van der Waals surface area contributed by atoms with E-state index in [-0.39, 0.29) is 11.9 Å². The number of anilines is 1. The molecule has 1 amide bonds. The lowest BCUT2D eigenvalue weighted by Crippen LogP contribution is -2.39. The molecule has 0 heterocycles. The maximum atomic E-state index is 12.4. The zero-order chi connectivity index (χ0) is 16.8. The van der Waals surface area contributed by atoms with E-state index in [4.69, 9.17) is 5.26 Å². The van der Waals surface area contributed by atoms with Crippen LogP contribution in [0, 0.1) is 11.3 Å². The first-order valence-corrected chi connectivity index (χ1v) is 8.05. The fraction of sp³-hybridized carbons (Fsp3) is 0.222. The van der Waals surface area contributed by atoms with Gasteiger partial charge in [0.15, 0.2) is 0 Å². The number of likely N-dealkylation sites (N-methyl/N-ethyl adjacent to an activating group) is 1. The van der Waals surface area contributed by atoms with Crippen molar-refractivity contribution < 1.29 is 4.79 Å². The van der Waals surface area contributed by atoms with Gasteiger partial charge >= 0.3 is 0 Å². The maximum Gasteiger partial charge on any atom is 0.241 e. The van der Waals surface area contributed by atoms with Gasteiger partial charge in [-0.1, -0.05) is 40.2 Å². The number of halogens is 1. The first-order chi connectivity index (χ1) is 11.0.